The molecule has 1 unspecified atom stereocenters. The van der Waals surface area contributed by atoms with E-state index in [1.54, 1.807) is 18.2 Å². The van der Waals surface area contributed by atoms with Gasteiger partial charge < -0.3 is 14.6 Å². The van der Waals surface area contributed by atoms with Crippen LogP contribution in [0.3, 0.4) is 0 Å². The molecule has 3 heterocycles. The zero-order valence-corrected chi connectivity index (χ0v) is 30.0. The number of anilines is 1. The number of rotatable bonds is 9. The van der Waals surface area contributed by atoms with Crippen LogP contribution in [0, 0.1) is 18.8 Å². The van der Waals surface area contributed by atoms with Gasteiger partial charge in [0.2, 0.25) is 5.91 Å². The van der Waals surface area contributed by atoms with Crippen molar-refractivity contribution < 1.29 is 24.2 Å². The number of methoxy groups -OCH3 is 1. The summed E-state index contributed by atoms with van der Waals surface area (Å²) in [4.78, 5) is 35.5. The Morgan fingerprint density at radius 2 is 1.76 bits per heavy atom. The van der Waals surface area contributed by atoms with Crippen molar-refractivity contribution in [1.29, 1.82) is 0 Å². The van der Waals surface area contributed by atoms with Crippen LogP contribution in [0.2, 0.25) is 0 Å². The maximum absolute atomic E-state index is 14.4. The highest BCUT2D eigenvalue weighted by Crippen LogP contribution is 2.39. The molecule has 1 atom stereocenters. The van der Waals surface area contributed by atoms with Crippen LogP contribution in [0.25, 0.3) is 11.1 Å². The summed E-state index contributed by atoms with van der Waals surface area (Å²) in [5.74, 6) is 2.43. The topological polar surface area (TPSA) is 110 Å². The van der Waals surface area contributed by atoms with E-state index >= 15 is 0 Å². The molecule has 1 saturated heterocycles. The Labute approximate surface area is 290 Å². The number of nitrogens with zero attached hydrogens (tertiary/aromatic N) is 5. The Hall–Kier alpha value is -3.92. The number of β-amino-alcohol motifs (C(OH)–C–C–N with tert-alkyl or cyclic N) is 1. The van der Waals surface area contributed by atoms with Crippen LogP contribution >= 0.6 is 0 Å². The first-order valence-corrected chi connectivity index (χ1v) is 18.1. The Morgan fingerprint density at radius 1 is 1.02 bits per heavy atom. The van der Waals surface area contributed by atoms with E-state index < -0.39 is 11.6 Å². The minimum atomic E-state index is -0.619. The summed E-state index contributed by atoms with van der Waals surface area (Å²) < 4.78 is 13.3. The van der Waals surface area contributed by atoms with Crippen molar-refractivity contribution in [3.8, 4) is 16.9 Å². The number of carbonyl (C=O) groups excluding carboxylic acids is 2. The number of amides is 2. The minimum Gasteiger partial charge on any atom is -0.496 e. The molecule has 1 aliphatic heterocycles. The lowest BCUT2D eigenvalue weighted by molar-refractivity contribution is -0.125. The molecule has 264 valence electrons. The average Bonchev–Trinajstić information content (AvgIpc) is 3.61. The van der Waals surface area contributed by atoms with Crippen molar-refractivity contribution >= 4 is 17.8 Å². The Bertz CT molecular complexity index is 1620. The van der Waals surface area contributed by atoms with Crippen molar-refractivity contribution in [3.05, 3.63) is 60.0 Å². The summed E-state index contributed by atoms with van der Waals surface area (Å²) in [5.41, 5.74) is 3.90. The van der Waals surface area contributed by atoms with Gasteiger partial charge in [0, 0.05) is 36.5 Å². The molecule has 0 bridgehead atoms. The van der Waals surface area contributed by atoms with E-state index in [9.17, 15) is 14.7 Å². The normalized spacial score (nSPS) is 25.1. The molecule has 0 radical (unpaired) electrons. The number of benzene rings is 1. The molecule has 2 aromatic heterocycles. The van der Waals surface area contributed by atoms with Gasteiger partial charge in [-0.2, -0.15) is 5.10 Å². The highest BCUT2D eigenvalue weighted by molar-refractivity contribution is 5.94. The first-order chi connectivity index (χ1) is 23.4. The summed E-state index contributed by atoms with van der Waals surface area (Å²) in [6.45, 7) is 10.9. The molecular formula is C39H53N5O5. The minimum absolute atomic E-state index is 0.104. The van der Waals surface area contributed by atoms with Crippen molar-refractivity contribution in [2.75, 3.05) is 25.1 Å². The quantitative estimate of drug-likeness (QED) is 0.254. The molecule has 1 N–H and O–H groups in total. The molecule has 1 aromatic carbocycles. The molecular weight excluding hydrogens is 618 g/mol. The van der Waals surface area contributed by atoms with E-state index in [4.69, 9.17) is 14.5 Å². The first-order valence-electron chi connectivity index (χ1n) is 18.1. The molecule has 10 heteroatoms. The SMILES string of the molecule is COc1ccc(C2CCC(CN(C(=O)C3CCC(OC(=O)N4CC(O)C4(C)C)CC3)c3cc(-c4cnn(C(C)C)c4)ccn3)CC2)cc1C. The Morgan fingerprint density at radius 3 is 2.37 bits per heavy atom. The summed E-state index contributed by atoms with van der Waals surface area (Å²) in [6.07, 6.45) is 11.4. The average molecular weight is 672 g/mol. The standard InChI is InChI=1S/C39H53N5O5/c1-25(2)44-23-32(21-41-44)31-17-18-40-36(20-31)42(22-27-7-9-28(10-8-27)30-13-16-34(48-6)26(3)19-30)37(46)29-11-14-33(15-12-29)49-38(47)43-24-35(45)39(43,4)5/h13,16-21,23,25,27-29,33,35,45H,7-12,14-15,22,24H2,1-6H3. The number of aryl methyl sites for hydroxylation is 1. The fraction of sp³-hybridized carbons (Fsp3) is 0.590. The summed E-state index contributed by atoms with van der Waals surface area (Å²) in [6, 6.07) is 10.8. The van der Waals surface area contributed by atoms with Crippen molar-refractivity contribution in [3.63, 3.8) is 0 Å². The van der Waals surface area contributed by atoms with Gasteiger partial charge in [0.15, 0.2) is 0 Å². The molecule has 0 spiro atoms. The van der Waals surface area contributed by atoms with Crippen molar-refractivity contribution in [2.24, 2.45) is 11.8 Å². The monoisotopic (exact) mass is 671 g/mol. The molecule has 3 aliphatic rings. The second-order valence-corrected chi connectivity index (χ2v) is 15.2. The third-order valence-electron chi connectivity index (χ3n) is 11.3. The summed E-state index contributed by atoms with van der Waals surface area (Å²) in [5, 5.41) is 14.6. The number of pyridine rings is 1. The summed E-state index contributed by atoms with van der Waals surface area (Å²) >= 11 is 0. The maximum atomic E-state index is 14.4. The molecule has 10 nitrogen and oxygen atoms in total. The number of likely N-dealkylation sites (tertiary alicyclic amines) is 1. The Balaban J connectivity index is 1.15. The number of ether oxygens (including phenoxy) is 2. The van der Waals surface area contributed by atoms with Crippen LogP contribution < -0.4 is 9.64 Å². The van der Waals surface area contributed by atoms with Crippen LogP contribution in [0.5, 0.6) is 5.75 Å². The highest BCUT2D eigenvalue weighted by atomic mass is 16.6. The second kappa shape index (κ2) is 14.5. The third kappa shape index (κ3) is 7.49. The van der Waals surface area contributed by atoms with E-state index in [2.05, 4.69) is 44.1 Å². The van der Waals surface area contributed by atoms with Crippen LogP contribution in [0.15, 0.2) is 48.9 Å². The van der Waals surface area contributed by atoms with Gasteiger partial charge in [-0.15, -0.1) is 0 Å². The predicted octanol–water partition coefficient (Wildman–Crippen LogP) is 7.30. The zero-order chi connectivity index (χ0) is 34.9. The van der Waals surface area contributed by atoms with E-state index in [0.29, 0.717) is 56.4 Å². The van der Waals surface area contributed by atoms with Crippen LogP contribution in [-0.2, 0) is 9.53 Å². The van der Waals surface area contributed by atoms with Gasteiger partial charge in [-0.1, -0.05) is 12.1 Å². The second-order valence-electron chi connectivity index (χ2n) is 15.2. The molecule has 2 aliphatic carbocycles. The predicted molar refractivity (Wildman–Crippen MR) is 190 cm³/mol. The molecule has 3 fully saturated rings. The lowest BCUT2D eigenvalue weighted by Gasteiger charge is -2.51. The number of hydrogen-bond donors (Lipinski definition) is 1. The number of aromatic nitrogens is 3. The third-order valence-corrected chi connectivity index (χ3v) is 11.3. The molecule has 2 amide bonds. The van der Waals surface area contributed by atoms with Crippen molar-refractivity contribution in [2.45, 2.75) is 116 Å². The van der Waals surface area contributed by atoms with E-state index in [1.807, 2.05) is 48.0 Å². The molecule has 6 rings (SSSR count). The molecule has 3 aromatic rings. The van der Waals surface area contributed by atoms with Gasteiger partial charge in [-0.25, -0.2) is 9.78 Å². The highest BCUT2D eigenvalue weighted by Gasteiger charge is 2.49. The van der Waals surface area contributed by atoms with Gasteiger partial charge in [0.1, 0.15) is 17.7 Å². The lowest BCUT2D eigenvalue weighted by atomic mass is 9.78. The van der Waals surface area contributed by atoms with E-state index in [0.717, 1.165) is 48.1 Å². The van der Waals surface area contributed by atoms with Gasteiger partial charge in [0.25, 0.3) is 0 Å². The molecule has 49 heavy (non-hydrogen) atoms. The number of carbonyl (C=O) groups is 2. The van der Waals surface area contributed by atoms with Gasteiger partial charge in [-0.05, 0) is 133 Å². The van der Waals surface area contributed by atoms with Crippen molar-refractivity contribution in [1.82, 2.24) is 19.7 Å². The van der Waals surface area contributed by atoms with Crippen LogP contribution in [-0.4, -0.2) is 74.7 Å². The van der Waals surface area contributed by atoms with Crippen LogP contribution in [0.1, 0.15) is 102 Å². The zero-order valence-electron chi connectivity index (χ0n) is 30.0. The fourth-order valence-electron chi connectivity index (χ4n) is 7.77. The molecule has 2 saturated carbocycles. The largest absolute Gasteiger partial charge is 0.496 e. The number of aliphatic hydroxyl groups excluding tert-OH is 1. The fourth-order valence-corrected chi connectivity index (χ4v) is 7.77. The smallest absolute Gasteiger partial charge is 0.410 e. The van der Waals surface area contributed by atoms with E-state index in [-0.39, 0.29) is 30.1 Å². The van der Waals surface area contributed by atoms with Gasteiger partial charge in [-0.3, -0.25) is 19.3 Å². The van der Waals surface area contributed by atoms with E-state index in [1.165, 1.54) is 5.56 Å². The maximum Gasteiger partial charge on any atom is 0.410 e. The first kappa shape index (κ1) is 34.9. The summed E-state index contributed by atoms with van der Waals surface area (Å²) in [7, 11) is 1.71. The number of aliphatic hydroxyl groups is 1. The van der Waals surface area contributed by atoms with Gasteiger partial charge in [0.05, 0.1) is 31.5 Å². The lowest BCUT2D eigenvalue weighted by Crippen LogP contribution is -2.69. The number of hydrogen-bond acceptors (Lipinski definition) is 7. The van der Waals surface area contributed by atoms with Crippen LogP contribution in [0.4, 0.5) is 10.6 Å². The van der Waals surface area contributed by atoms with Gasteiger partial charge >= 0.3 is 6.09 Å². The Kier molecular flexibility index (Phi) is 10.3.